The van der Waals surface area contributed by atoms with Gasteiger partial charge >= 0.3 is 6.03 Å². The van der Waals surface area contributed by atoms with E-state index in [1.54, 1.807) is 24.3 Å². The summed E-state index contributed by atoms with van der Waals surface area (Å²) in [6.45, 7) is 0.235. The number of nitrogens with zero attached hydrogens (tertiary/aromatic N) is 1. The lowest BCUT2D eigenvalue weighted by atomic mass is 10.1. The Morgan fingerprint density at radius 2 is 1.75 bits per heavy atom. The van der Waals surface area contributed by atoms with Crippen LogP contribution in [0, 0.1) is 3.57 Å². The summed E-state index contributed by atoms with van der Waals surface area (Å²) in [4.78, 5) is 36.5. The van der Waals surface area contributed by atoms with Gasteiger partial charge in [0.15, 0.2) is 0 Å². The Bertz CT molecular complexity index is 772. The average Bonchev–Trinajstić information content (AvgIpc) is 2.89. The largest absolute Gasteiger partial charge is 0.329 e. The van der Waals surface area contributed by atoms with E-state index in [0.717, 1.165) is 19.7 Å². The van der Waals surface area contributed by atoms with Crippen molar-refractivity contribution in [3.05, 3.63) is 63.2 Å². The first-order valence-electron chi connectivity index (χ1n) is 7.27. The van der Waals surface area contributed by atoms with E-state index >= 15 is 0 Å². The van der Waals surface area contributed by atoms with Gasteiger partial charge in [-0.1, -0.05) is 12.1 Å². The zero-order chi connectivity index (χ0) is 17.1. The summed E-state index contributed by atoms with van der Waals surface area (Å²) in [5.74, 6) is -0.460. The molecule has 1 saturated heterocycles. The second-order valence-electron chi connectivity index (χ2n) is 5.30. The van der Waals surface area contributed by atoms with Crippen LogP contribution in [0.2, 0.25) is 0 Å². The van der Waals surface area contributed by atoms with Crippen LogP contribution in [-0.4, -0.2) is 29.3 Å². The average molecular weight is 435 g/mol. The van der Waals surface area contributed by atoms with Crippen molar-refractivity contribution in [2.75, 3.05) is 11.9 Å². The topological polar surface area (TPSA) is 78.5 Å². The van der Waals surface area contributed by atoms with Gasteiger partial charge in [-0.05, 0) is 64.6 Å². The molecule has 0 spiro atoms. The molecule has 2 N–H and O–H groups in total. The van der Waals surface area contributed by atoms with Crippen LogP contribution in [0.3, 0.4) is 0 Å². The third kappa shape index (κ3) is 3.73. The highest BCUT2D eigenvalue weighted by Crippen LogP contribution is 2.14. The Hall–Kier alpha value is -2.42. The van der Waals surface area contributed by atoms with Gasteiger partial charge in [-0.2, -0.15) is 0 Å². The summed E-state index contributed by atoms with van der Waals surface area (Å²) >= 11 is 2.20. The van der Waals surface area contributed by atoms with Gasteiger partial charge in [0, 0.05) is 14.8 Å². The maximum Gasteiger partial charge on any atom is 0.324 e. The normalized spacial score (nSPS) is 13.8. The monoisotopic (exact) mass is 435 g/mol. The summed E-state index contributed by atoms with van der Waals surface area (Å²) in [6.07, 6.45) is 0. The van der Waals surface area contributed by atoms with Crippen molar-refractivity contribution in [3.63, 3.8) is 0 Å². The van der Waals surface area contributed by atoms with E-state index in [1.807, 2.05) is 24.3 Å². The van der Waals surface area contributed by atoms with Crippen molar-refractivity contribution < 1.29 is 14.4 Å². The molecule has 0 atom stereocenters. The summed E-state index contributed by atoms with van der Waals surface area (Å²) in [5.41, 5.74) is 2.02. The summed E-state index contributed by atoms with van der Waals surface area (Å²) in [5, 5.41) is 5.29. The van der Waals surface area contributed by atoms with Crippen LogP contribution in [0.4, 0.5) is 10.5 Å². The molecule has 0 unspecified atom stereocenters. The highest BCUT2D eigenvalue weighted by Gasteiger charge is 2.28. The Kier molecular flexibility index (Phi) is 4.79. The molecule has 0 aliphatic carbocycles. The van der Waals surface area contributed by atoms with Crippen LogP contribution in [0.25, 0.3) is 0 Å². The van der Waals surface area contributed by atoms with E-state index in [9.17, 15) is 14.4 Å². The molecule has 1 aliphatic rings. The highest BCUT2D eigenvalue weighted by molar-refractivity contribution is 14.1. The number of halogens is 1. The SMILES string of the molecule is O=C(Nc1ccc(I)cc1)c1ccc(CN2C(=O)CNC2=O)cc1. The number of anilines is 1. The van der Waals surface area contributed by atoms with Crippen LogP contribution in [0.15, 0.2) is 48.5 Å². The second-order valence-corrected chi connectivity index (χ2v) is 6.54. The number of hydrogen-bond acceptors (Lipinski definition) is 3. The van der Waals surface area contributed by atoms with Gasteiger partial charge in [-0.15, -0.1) is 0 Å². The lowest BCUT2D eigenvalue weighted by Crippen LogP contribution is -2.30. The number of hydrogen-bond donors (Lipinski definition) is 2. The molecule has 4 amide bonds. The molecule has 24 heavy (non-hydrogen) atoms. The Morgan fingerprint density at radius 1 is 1.08 bits per heavy atom. The maximum atomic E-state index is 12.2. The van der Waals surface area contributed by atoms with E-state index in [4.69, 9.17) is 0 Å². The number of carbonyl (C=O) groups excluding carboxylic acids is 3. The van der Waals surface area contributed by atoms with Crippen LogP contribution in [-0.2, 0) is 11.3 Å². The van der Waals surface area contributed by atoms with E-state index in [2.05, 4.69) is 33.2 Å². The van der Waals surface area contributed by atoms with Crippen molar-refractivity contribution in [1.29, 1.82) is 0 Å². The van der Waals surface area contributed by atoms with Gasteiger partial charge < -0.3 is 10.6 Å². The first-order chi connectivity index (χ1) is 11.5. The molecule has 2 aromatic rings. The van der Waals surface area contributed by atoms with Crippen molar-refractivity contribution in [2.24, 2.45) is 0 Å². The number of nitrogens with one attached hydrogen (secondary N) is 2. The van der Waals surface area contributed by atoms with E-state index < -0.39 is 0 Å². The Balaban J connectivity index is 1.65. The standard InChI is InChI=1S/C17H14IN3O3/c18-13-5-7-14(8-6-13)20-16(23)12-3-1-11(2-4-12)10-21-15(22)9-19-17(21)24/h1-8H,9-10H2,(H,19,24)(H,20,23). The predicted octanol–water partition coefficient (Wildman–Crippen LogP) is 2.60. The number of rotatable bonds is 4. The number of urea groups is 1. The molecule has 3 rings (SSSR count). The summed E-state index contributed by atoms with van der Waals surface area (Å²) in [7, 11) is 0. The van der Waals surface area contributed by atoms with Crippen LogP contribution in [0.5, 0.6) is 0 Å². The highest BCUT2D eigenvalue weighted by atomic mass is 127. The van der Waals surface area contributed by atoms with E-state index in [-0.39, 0.29) is 30.9 Å². The van der Waals surface area contributed by atoms with Crippen molar-refractivity contribution in [2.45, 2.75) is 6.54 Å². The zero-order valence-electron chi connectivity index (χ0n) is 12.6. The third-order valence-corrected chi connectivity index (χ3v) is 4.32. The molecule has 2 aromatic carbocycles. The molecule has 7 heteroatoms. The summed E-state index contributed by atoms with van der Waals surface area (Å²) in [6, 6.07) is 13.9. The van der Waals surface area contributed by atoms with Gasteiger partial charge in [0.25, 0.3) is 5.91 Å². The van der Waals surface area contributed by atoms with E-state index in [0.29, 0.717) is 5.56 Å². The quantitative estimate of drug-likeness (QED) is 0.573. The van der Waals surface area contributed by atoms with E-state index in [1.165, 1.54) is 0 Å². The zero-order valence-corrected chi connectivity index (χ0v) is 14.7. The molecule has 1 fully saturated rings. The molecular weight excluding hydrogens is 421 g/mol. The fourth-order valence-electron chi connectivity index (χ4n) is 2.30. The first kappa shape index (κ1) is 16.4. The molecule has 1 heterocycles. The molecule has 0 bridgehead atoms. The molecule has 0 saturated carbocycles. The lowest BCUT2D eigenvalue weighted by Gasteiger charge is -2.12. The Labute approximate surface area is 152 Å². The van der Waals surface area contributed by atoms with Crippen LogP contribution >= 0.6 is 22.6 Å². The van der Waals surface area contributed by atoms with Gasteiger partial charge in [-0.3, -0.25) is 14.5 Å². The van der Waals surface area contributed by atoms with Crippen molar-refractivity contribution in [3.8, 4) is 0 Å². The first-order valence-corrected chi connectivity index (χ1v) is 8.35. The van der Waals surface area contributed by atoms with Crippen LogP contribution in [0.1, 0.15) is 15.9 Å². The van der Waals surface area contributed by atoms with Crippen LogP contribution < -0.4 is 10.6 Å². The fraction of sp³-hybridized carbons (Fsp3) is 0.118. The minimum atomic E-state index is -0.388. The number of benzene rings is 2. The Morgan fingerprint density at radius 3 is 2.33 bits per heavy atom. The summed E-state index contributed by atoms with van der Waals surface area (Å²) < 4.78 is 1.09. The molecule has 122 valence electrons. The van der Waals surface area contributed by atoms with Gasteiger partial charge in [0.2, 0.25) is 5.91 Å². The minimum Gasteiger partial charge on any atom is -0.329 e. The van der Waals surface area contributed by atoms with Crippen molar-refractivity contribution >= 4 is 46.1 Å². The smallest absolute Gasteiger partial charge is 0.324 e. The van der Waals surface area contributed by atoms with Gasteiger partial charge in [-0.25, -0.2) is 4.79 Å². The fourth-order valence-corrected chi connectivity index (χ4v) is 2.66. The number of imide groups is 1. The number of amides is 4. The minimum absolute atomic E-state index is 0.0370. The van der Waals surface area contributed by atoms with Gasteiger partial charge in [0.05, 0.1) is 13.1 Å². The molecule has 0 radical (unpaired) electrons. The molecular formula is C17H14IN3O3. The second kappa shape index (κ2) is 7.00. The third-order valence-electron chi connectivity index (χ3n) is 3.60. The van der Waals surface area contributed by atoms with Gasteiger partial charge in [0.1, 0.15) is 0 Å². The lowest BCUT2D eigenvalue weighted by molar-refractivity contribution is -0.125. The maximum absolute atomic E-state index is 12.2. The molecule has 1 aliphatic heterocycles. The molecule has 6 nitrogen and oxygen atoms in total. The molecule has 0 aromatic heterocycles. The predicted molar refractivity (Wildman–Crippen MR) is 97.5 cm³/mol. The van der Waals surface area contributed by atoms with Crippen molar-refractivity contribution in [1.82, 2.24) is 10.2 Å². The number of carbonyl (C=O) groups is 3.